The van der Waals surface area contributed by atoms with E-state index in [1.54, 1.807) is 0 Å². The number of hydrogen-bond donors (Lipinski definition) is 0. The quantitative estimate of drug-likeness (QED) is 0.237. The molecule has 4 nitrogen and oxygen atoms in total. The van der Waals surface area contributed by atoms with Crippen LogP contribution in [0.2, 0.25) is 0 Å². The molecule has 0 unspecified atom stereocenters. The van der Waals surface area contributed by atoms with Gasteiger partial charge in [-0.1, -0.05) is 91.0 Å². The summed E-state index contributed by atoms with van der Waals surface area (Å²) in [7, 11) is 1.36. The zero-order valence-corrected chi connectivity index (χ0v) is 19.6. The highest BCUT2D eigenvalue weighted by Gasteiger charge is 2.19. The van der Waals surface area contributed by atoms with Gasteiger partial charge in [-0.05, 0) is 39.2 Å². The van der Waals surface area contributed by atoms with Gasteiger partial charge in [0.1, 0.15) is 11.5 Å². The molecule has 0 aliphatic heterocycles. The molecule has 0 saturated carbocycles. The van der Waals surface area contributed by atoms with Crippen molar-refractivity contribution in [1.29, 1.82) is 0 Å². The Morgan fingerprint density at radius 1 is 0.629 bits per heavy atom. The summed E-state index contributed by atoms with van der Waals surface area (Å²) in [4.78, 5) is 11.9. The maximum absolute atomic E-state index is 11.9. The Labute approximate surface area is 204 Å². The van der Waals surface area contributed by atoms with Crippen molar-refractivity contribution in [3.8, 4) is 22.6 Å². The zero-order chi connectivity index (χ0) is 24.0. The topological polar surface area (TPSA) is 44.8 Å². The lowest BCUT2D eigenvalue weighted by Crippen LogP contribution is -2.13. The second-order valence-corrected chi connectivity index (χ2v) is 8.27. The molecule has 0 saturated heterocycles. The number of carbonyl (C=O) groups is 1. The molecule has 0 bridgehead atoms. The van der Waals surface area contributed by atoms with Crippen LogP contribution >= 0.6 is 0 Å². The second kappa shape index (κ2) is 10.3. The number of rotatable bonds is 8. The van der Waals surface area contributed by atoms with E-state index in [1.165, 1.54) is 12.7 Å². The molecule has 4 heteroatoms. The fraction of sp³-hybridized carbons (Fsp3) is 0.129. The van der Waals surface area contributed by atoms with E-state index in [1.807, 2.05) is 60.7 Å². The SMILES string of the molecule is COC(=O)COc1ccc2ccccc2c1-c1c(OCCc2ccccc2)ccc2ccccc12. The Morgan fingerprint density at radius 3 is 1.77 bits per heavy atom. The zero-order valence-electron chi connectivity index (χ0n) is 19.6. The summed E-state index contributed by atoms with van der Waals surface area (Å²) in [6.07, 6.45) is 0.800. The van der Waals surface area contributed by atoms with E-state index in [0.29, 0.717) is 12.4 Å². The van der Waals surface area contributed by atoms with Crippen LogP contribution in [0.1, 0.15) is 5.56 Å². The van der Waals surface area contributed by atoms with Gasteiger partial charge in [-0.15, -0.1) is 0 Å². The molecule has 0 fully saturated rings. The minimum Gasteiger partial charge on any atom is -0.493 e. The van der Waals surface area contributed by atoms with E-state index in [4.69, 9.17) is 14.2 Å². The van der Waals surface area contributed by atoms with E-state index < -0.39 is 5.97 Å². The Kier molecular flexibility index (Phi) is 6.62. The summed E-state index contributed by atoms with van der Waals surface area (Å²) in [6.45, 7) is 0.370. The minimum atomic E-state index is -0.429. The third-order valence-corrected chi connectivity index (χ3v) is 6.10. The van der Waals surface area contributed by atoms with Crippen LogP contribution in [-0.2, 0) is 16.0 Å². The van der Waals surface area contributed by atoms with Crippen LogP contribution in [0.15, 0.2) is 103 Å². The first-order valence-corrected chi connectivity index (χ1v) is 11.6. The molecular formula is C31H26O4. The van der Waals surface area contributed by atoms with Crippen molar-refractivity contribution in [3.05, 3.63) is 109 Å². The van der Waals surface area contributed by atoms with Gasteiger partial charge in [0.05, 0.1) is 13.7 Å². The van der Waals surface area contributed by atoms with E-state index in [0.717, 1.165) is 44.8 Å². The average molecular weight is 463 g/mol. The van der Waals surface area contributed by atoms with Crippen LogP contribution in [0.5, 0.6) is 11.5 Å². The van der Waals surface area contributed by atoms with Gasteiger partial charge in [0.2, 0.25) is 0 Å². The lowest BCUT2D eigenvalue weighted by atomic mass is 9.92. The first-order chi connectivity index (χ1) is 17.2. The Hall–Kier alpha value is -4.31. The van der Waals surface area contributed by atoms with Gasteiger partial charge in [0.25, 0.3) is 0 Å². The number of carbonyl (C=O) groups excluding carboxylic acids is 1. The van der Waals surface area contributed by atoms with E-state index >= 15 is 0 Å². The normalized spacial score (nSPS) is 10.9. The van der Waals surface area contributed by atoms with Crippen LogP contribution in [0.4, 0.5) is 0 Å². The summed E-state index contributed by atoms with van der Waals surface area (Å²) in [5.41, 5.74) is 3.08. The lowest BCUT2D eigenvalue weighted by molar-refractivity contribution is -0.142. The highest BCUT2D eigenvalue weighted by atomic mass is 16.6. The van der Waals surface area contributed by atoms with Gasteiger partial charge in [0.15, 0.2) is 6.61 Å². The molecule has 0 spiro atoms. The molecule has 5 aromatic rings. The number of hydrogen-bond acceptors (Lipinski definition) is 4. The summed E-state index contributed by atoms with van der Waals surface area (Å²) in [5, 5.41) is 4.27. The van der Waals surface area contributed by atoms with Gasteiger partial charge in [-0.2, -0.15) is 0 Å². The van der Waals surface area contributed by atoms with Crippen molar-refractivity contribution >= 4 is 27.5 Å². The second-order valence-electron chi connectivity index (χ2n) is 8.27. The Morgan fingerprint density at radius 2 is 1.17 bits per heavy atom. The minimum absolute atomic E-state index is 0.170. The van der Waals surface area contributed by atoms with Crippen molar-refractivity contribution in [1.82, 2.24) is 0 Å². The fourth-order valence-electron chi connectivity index (χ4n) is 4.38. The predicted octanol–water partition coefficient (Wildman–Crippen LogP) is 6.83. The Balaban J connectivity index is 1.65. The maximum atomic E-state index is 11.9. The highest BCUT2D eigenvalue weighted by Crippen LogP contribution is 2.45. The largest absolute Gasteiger partial charge is 0.493 e. The summed E-state index contributed by atoms with van der Waals surface area (Å²) in [6, 6.07) is 34.7. The smallest absolute Gasteiger partial charge is 0.343 e. The van der Waals surface area contributed by atoms with Crippen LogP contribution in [0, 0.1) is 0 Å². The maximum Gasteiger partial charge on any atom is 0.343 e. The van der Waals surface area contributed by atoms with E-state index in [9.17, 15) is 4.79 Å². The molecule has 0 N–H and O–H groups in total. The summed E-state index contributed by atoms with van der Waals surface area (Å²) >= 11 is 0. The molecule has 0 radical (unpaired) electrons. The van der Waals surface area contributed by atoms with Crippen molar-refractivity contribution < 1.29 is 19.0 Å². The first kappa shape index (κ1) is 22.5. The molecule has 0 aromatic heterocycles. The van der Waals surface area contributed by atoms with Crippen molar-refractivity contribution in [3.63, 3.8) is 0 Å². The van der Waals surface area contributed by atoms with Crippen molar-refractivity contribution in [2.45, 2.75) is 6.42 Å². The molecule has 35 heavy (non-hydrogen) atoms. The van der Waals surface area contributed by atoms with Gasteiger partial charge in [-0.25, -0.2) is 4.79 Å². The fourth-order valence-corrected chi connectivity index (χ4v) is 4.38. The van der Waals surface area contributed by atoms with Crippen LogP contribution < -0.4 is 9.47 Å². The molecule has 0 atom stereocenters. The highest BCUT2D eigenvalue weighted by molar-refractivity contribution is 6.09. The van der Waals surface area contributed by atoms with Gasteiger partial charge in [0, 0.05) is 17.5 Å². The number of benzene rings is 5. The molecule has 0 amide bonds. The summed E-state index contributed by atoms with van der Waals surface area (Å²) < 4.78 is 17.2. The predicted molar refractivity (Wildman–Crippen MR) is 140 cm³/mol. The van der Waals surface area contributed by atoms with Crippen molar-refractivity contribution in [2.75, 3.05) is 20.3 Å². The molecule has 5 rings (SSSR count). The van der Waals surface area contributed by atoms with Crippen LogP contribution in [0.25, 0.3) is 32.7 Å². The van der Waals surface area contributed by atoms with Crippen LogP contribution in [0.3, 0.4) is 0 Å². The first-order valence-electron chi connectivity index (χ1n) is 11.6. The Bertz CT molecular complexity index is 1470. The lowest BCUT2D eigenvalue weighted by Gasteiger charge is -2.19. The third kappa shape index (κ3) is 4.82. The molecule has 0 aliphatic carbocycles. The number of methoxy groups -OCH3 is 1. The number of ether oxygens (including phenoxy) is 3. The van der Waals surface area contributed by atoms with Gasteiger partial charge < -0.3 is 14.2 Å². The van der Waals surface area contributed by atoms with Crippen molar-refractivity contribution in [2.24, 2.45) is 0 Å². The third-order valence-electron chi connectivity index (χ3n) is 6.10. The molecule has 0 heterocycles. The molecule has 5 aromatic carbocycles. The number of fused-ring (bicyclic) bond motifs is 2. The number of esters is 1. The molecule has 174 valence electrons. The van der Waals surface area contributed by atoms with Crippen LogP contribution in [-0.4, -0.2) is 26.3 Å². The molecule has 0 aliphatic rings. The summed E-state index contributed by atoms with van der Waals surface area (Å²) in [5.74, 6) is 0.957. The molecular weight excluding hydrogens is 436 g/mol. The average Bonchev–Trinajstić information content (AvgIpc) is 2.92. The standard InChI is InChI=1S/C31H26O4/c1-33-29(32)21-35-28-18-16-24-12-6-8-14-26(24)31(28)30-25-13-7-5-11-23(25)15-17-27(30)34-20-19-22-9-3-2-4-10-22/h2-18H,19-21H2,1H3. The van der Waals surface area contributed by atoms with Gasteiger partial charge in [-0.3, -0.25) is 0 Å². The van der Waals surface area contributed by atoms with Gasteiger partial charge >= 0.3 is 5.97 Å². The van der Waals surface area contributed by atoms with E-state index in [-0.39, 0.29) is 6.61 Å². The van der Waals surface area contributed by atoms with E-state index in [2.05, 4.69) is 42.5 Å². The monoisotopic (exact) mass is 462 g/mol.